The van der Waals surface area contributed by atoms with Gasteiger partial charge in [-0.3, -0.25) is 5.10 Å². The fourth-order valence-corrected chi connectivity index (χ4v) is 1.06. The summed E-state index contributed by atoms with van der Waals surface area (Å²) in [6.45, 7) is 1.90. The Kier molecular flexibility index (Phi) is 2.01. The molecule has 0 fully saturated rings. The van der Waals surface area contributed by atoms with Crippen LogP contribution in [-0.2, 0) is 0 Å². The molecule has 0 radical (unpaired) electrons. The summed E-state index contributed by atoms with van der Waals surface area (Å²) in [4.78, 5) is 0. The number of aromatic nitrogens is 6. The van der Waals surface area contributed by atoms with Crippen molar-refractivity contribution >= 4 is 11.5 Å². The van der Waals surface area contributed by atoms with E-state index in [1.165, 1.54) is 0 Å². The molecule has 0 spiro atoms. The summed E-state index contributed by atoms with van der Waals surface area (Å²) < 4.78 is 0. The van der Waals surface area contributed by atoms with Crippen molar-refractivity contribution in [2.45, 2.75) is 13.0 Å². The maximum Gasteiger partial charge on any atom is 0.196 e. The van der Waals surface area contributed by atoms with E-state index < -0.39 is 0 Å². The van der Waals surface area contributed by atoms with Crippen LogP contribution in [0.5, 0.6) is 0 Å². The quantitative estimate of drug-likeness (QED) is 0.531. The number of nitrogens with one attached hydrogen (secondary N) is 3. The van der Waals surface area contributed by atoms with Crippen molar-refractivity contribution in [3.63, 3.8) is 0 Å². The van der Waals surface area contributed by atoms with Crippen molar-refractivity contribution in [1.82, 2.24) is 30.8 Å². The second-order valence-electron chi connectivity index (χ2n) is 2.83. The zero-order chi connectivity index (χ0) is 9.97. The van der Waals surface area contributed by atoms with Crippen molar-refractivity contribution in [3.05, 3.63) is 12.0 Å². The van der Waals surface area contributed by atoms with Gasteiger partial charge in [-0.25, -0.2) is 0 Å². The summed E-state index contributed by atoms with van der Waals surface area (Å²) in [6, 6.07) is -0.0753. The van der Waals surface area contributed by atoms with E-state index >= 15 is 0 Å². The minimum atomic E-state index is -0.0753. The van der Waals surface area contributed by atoms with Crippen LogP contribution >= 0.6 is 0 Å². The van der Waals surface area contributed by atoms with E-state index in [0.29, 0.717) is 11.6 Å². The summed E-state index contributed by atoms with van der Waals surface area (Å²) in [6.07, 6.45) is 1.60. The molecule has 0 saturated heterocycles. The normalized spacial score (nSPS) is 12.6. The Balaban J connectivity index is 2.09. The lowest BCUT2D eigenvalue weighted by Crippen LogP contribution is -2.09. The van der Waals surface area contributed by atoms with Crippen LogP contribution < -0.4 is 11.1 Å². The molecular weight excluding hydrogens is 184 g/mol. The molecule has 0 amide bonds. The zero-order valence-corrected chi connectivity index (χ0v) is 7.52. The molecule has 5 N–H and O–H groups in total. The van der Waals surface area contributed by atoms with Gasteiger partial charge in [0.2, 0.25) is 0 Å². The highest BCUT2D eigenvalue weighted by atomic mass is 15.5. The van der Waals surface area contributed by atoms with Gasteiger partial charge >= 0.3 is 0 Å². The minimum absolute atomic E-state index is 0.0753. The van der Waals surface area contributed by atoms with Crippen molar-refractivity contribution in [2.75, 3.05) is 11.1 Å². The Hall–Kier alpha value is -2.12. The molecular formula is C6H10N8. The highest BCUT2D eigenvalue weighted by molar-refractivity contribution is 5.60. The minimum Gasteiger partial charge on any atom is -0.382 e. The Labute approximate surface area is 79.3 Å². The molecule has 0 aromatic carbocycles. The molecule has 2 rings (SSSR count). The third-order valence-electron chi connectivity index (χ3n) is 1.79. The number of nitrogens with two attached hydrogens (primary N) is 1. The standard InChI is InChI=1S/C6H10N8/c1-3(6-11-13-14-12-6)9-4-2-8-10-5(4)7/h2-3,9H,1H3,(H3,7,8,10)(H,11,12,13,14). The van der Waals surface area contributed by atoms with E-state index in [-0.39, 0.29) is 6.04 Å². The van der Waals surface area contributed by atoms with Gasteiger partial charge in [0.15, 0.2) is 5.82 Å². The molecule has 1 unspecified atom stereocenters. The largest absolute Gasteiger partial charge is 0.382 e. The Morgan fingerprint density at radius 2 is 2.43 bits per heavy atom. The molecule has 74 valence electrons. The van der Waals surface area contributed by atoms with Crippen LogP contribution in [-0.4, -0.2) is 30.8 Å². The van der Waals surface area contributed by atoms with Gasteiger partial charge in [-0.15, -0.1) is 10.2 Å². The van der Waals surface area contributed by atoms with E-state index in [1.807, 2.05) is 6.92 Å². The smallest absolute Gasteiger partial charge is 0.196 e. The maximum atomic E-state index is 5.60. The summed E-state index contributed by atoms with van der Waals surface area (Å²) in [5.74, 6) is 1.06. The number of nitrogen functional groups attached to an aromatic ring is 1. The van der Waals surface area contributed by atoms with Crippen molar-refractivity contribution in [3.8, 4) is 0 Å². The lowest BCUT2D eigenvalue weighted by molar-refractivity contribution is 0.794. The number of anilines is 2. The zero-order valence-electron chi connectivity index (χ0n) is 7.52. The molecule has 0 saturated carbocycles. The highest BCUT2D eigenvalue weighted by Crippen LogP contribution is 2.19. The van der Waals surface area contributed by atoms with Crippen LogP contribution in [0.25, 0.3) is 0 Å². The first-order valence-electron chi connectivity index (χ1n) is 4.06. The van der Waals surface area contributed by atoms with E-state index in [4.69, 9.17) is 5.73 Å². The van der Waals surface area contributed by atoms with Crippen molar-refractivity contribution < 1.29 is 0 Å². The number of H-pyrrole nitrogens is 2. The SMILES string of the molecule is CC(Nc1cn[nH]c1N)c1nn[nH]n1. The Morgan fingerprint density at radius 3 is 3.00 bits per heavy atom. The maximum absolute atomic E-state index is 5.60. The van der Waals surface area contributed by atoms with Crippen molar-refractivity contribution in [2.24, 2.45) is 0 Å². The topological polar surface area (TPSA) is 121 Å². The molecule has 0 aliphatic heterocycles. The van der Waals surface area contributed by atoms with Gasteiger partial charge in [-0.05, 0) is 6.92 Å². The molecule has 8 heteroatoms. The van der Waals surface area contributed by atoms with Crippen LogP contribution in [0.2, 0.25) is 0 Å². The number of nitrogens with zero attached hydrogens (tertiary/aromatic N) is 4. The van der Waals surface area contributed by atoms with E-state index in [1.54, 1.807) is 6.20 Å². The fraction of sp³-hybridized carbons (Fsp3) is 0.333. The summed E-state index contributed by atoms with van der Waals surface area (Å²) in [5.41, 5.74) is 6.32. The second-order valence-corrected chi connectivity index (χ2v) is 2.83. The molecule has 0 aliphatic carbocycles. The van der Waals surface area contributed by atoms with Gasteiger partial charge in [0, 0.05) is 0 Å². The van der Waals surface area contributed by atoms with Gasteiger partial charge < -0.3 is 11.1 Å². The van der Waals surface area contributed by atoms with Gasteiger partial charge in [0.1, 0.15) is 5.82 Å². The molecule has 0 aliphatic rings. The van der Waals surface area contributed by atoms with Crippen molar-refractivity contribution in [1.29, 1.82) is 0 Å². The molecule has 2 aromatic heterocycles. The van der Waals surface area contributed by atoms with Gasteiger partial charge in [-0.1, -0.05) is 5.21 Å². The molecule has 14 heavy (non-hydrogen) atoms. The number of aromatic amines is 2. The predicted molar refractivity (Wildman–Crippen MR) is 49.2 cm³/mol. The lowest BCUT2D eigenvalue weighted by Gasteiger charge is -2.09. The highest BCUT2D eigenvalue weighted by Gasteiger charge is 2.11. The lowest BCUT2D eigenvalue weighted by atomic mass is 10.3. The van der Waals surface area contributed by atoms with E-state index in [2.05, 4.69) is 36.1 Å². The molecule has 0 bridgehead atoms. The van der Waals surface area contributed by atoms with Gasteiger partial charge in [0.25, 0.3) is 0 Å². The van der Waals surface area contributed by atoms with Crippen LogP contribution in [0.15, 0.2) is 6.20 Å². The van der Waals surface area contributed by atoms with Crippen LogP contribution in [0, 0.1) is 0 Å². The van der Waals surface area contributed by atoms with Crippen LogP contribution in [0.4, 0.5) is 11.5 Å². The number of rotatable bonds is 3. The first-order valence-corrected chi connectivity index (χ1v) is 4.06. The van der Waals surface area contributed by atoms with E-state index in [9.17, 15) is 0 Å². The first kappa shape index (κ1) is 8.48. The van der Waals surface area contributed by atoms with E-state index in [0.717, 1.165) is 5.69 Å². The number of hydrogen-bond donors (Lipinski definition) is 4. The second kappa shape index (κ2) is 3.32. The third kappa shape index (κ3) is 1.49. The number of hydrogen-bond acceptors (Lipinski definition) is 6. The number of tetrazole rings is 1. The average Bonchev–Trinajstić information content (AvgIpc) is 2.77. The van der Waals surface area contributed by atoms with Crippen LogP contribution in [0.1, 0.15) is 18.8 Å². The monoisotopic (exact) mass is 194 g/mol. The molecule has 2 aromatic rings. The summed E-state index contributed by atoms with van der Waals surface area (Å²) in [7, 11) is 0. The Bertz CT molecular complexity index is 390. The molecule has 8 nitrogen and oxygen atoms in total. The summed E-state index contributed by atoms with van der Waals surface area (Å²) in [5, 5.41) is 23.0. The fourth-order valence-electron chi connectivity index (χ4n) is 1.06. The third-order valence-corrected chi connectivity index (χ3v) is 1.79. The summed E-state index contributed by atoms with van der Waals surface area (Å²) >= 11 is 0. The van der Waals surface area contributed by atoms with Crippen LogP contribution in [0.3, 0.4) is 0 Å². The Morgan fingerprint density at radius 1 is 1.57 bits per heavy atom. The predicted octanol–water partition coefficient (Wildman–Crippen LogP) is -0.322. The average molecular weight is 194 g/mol. The molecule has 1 atom stereocenters. The van der Waals surface area contributed by atoms with Gasteiger partial charge in [0.05, 0.1) is 17.9 Å². The molecule has 2 heterocycles. The first-order chi connectivity index (χ1) is 6.77. The van der Waals surface area contributed by atoms with Gasteiger partial charge in [-0.2, -0.15) is 10.3 Å².